The van der Waals surface area contributed by atoms with Gasteiger partial charge in [0.15, 0.2) is 0 Å². The number of amides is 1. The van der Waals surface area contributed by atoms with Crippen LogP contribution in [0.2, 0.25) is 5.02 Å². The average molecular weight is 308 g/mol. The number of carbonyl (C=O) groups excluding carboxylic acids is 1. The van der Waals surface area contributed by atoms with E-state index in [0.717, 1.165) is 0 Å². The molecule has 1 atom stereocenters. The van der Waals surface area contributed by atoms with E-state index in [1.807, 2.05) is 0 Å². The Hall–Kier alpha value is -2.41. The number of anilines is 3. The lowest BCUT2D eigenvalue weighted by Gasteiger charge is -2.26. The summed E-state index contributed by atoms with van der Waals surface area (Å²) in [5.74, 6) is -1.09. The van der Waals surface area contributed by atoms with E-state index in [9.17, 15) is 9.18 Å². The summed E-state index contributed by atoms with van der Waals surface area (Å²) in [7, 11) is 0. The van der Waals surface area contributed by atoms with Gasteiger partial charge in [-0.25, -0.2) is 4.39 Å². The van der Waals surface area contributed by atoms with Gasteiger partial charge >= 0.3 is 0 Å². The van der Waals surface area contributed by atoms with Crippen LogP contribution >= 0.6 is 11.6 Å². The van der Waals surface area contributed by atoms with E-state index in [0.29, 0.717) is 11.1 Å². The van der Waals surface area contributed by atoms with Crippen LogP contribution in [0.15, 0.2) is 18.2 Å². The van der Waals surface area contributed by atoms with Gasteiger partial charge in [-0.3, -0.25) is 4.79 Å². The Kier molecular flexibility index (Phi) is 3.13. The summed E-state index contributed by atoms with van der Waals surface area (Å²) in [5.41, 5.74) is 12.2. The standard InChI is InChI=1S/C13H11ClFN5O/c14-5-1-2-6(8(15)3-5)7-4-9(21)18-12-10(7)11(16)19-13(17)20-12/h1-3,7H,4H2,(H5,16,17,18,19,20,21)/t7-/m1/s1. The lowest BCUT2D eigenvalue weighted by molar-refractivity contribution is -0.116. The third kappa shape index (κ3) is 2.36. The molecular formula is C13H11ClFN5O. The van der Waals surface area contributed by atoms with E-state index >= 15 is 0 Å². The van der Waals surface area contributed by atoms with Gasteiger partial charge in [0.1, 0.15) is 17.5 Å². The van der Waals surface area contributed by atoms with Crippen LogP contribution in [-0.4, -0.2) is 15.9 Å². The lowest BCUT2D eigenvalue weighted by atomic mass is 9.86. The zero-order valence-electron chi connectivity index (χ0n) is 10.7. The zero-order valence-corrected chi connectivity index (χ0v) is 11.5. The summed E-state index contributed by atoms with van der Waals surface area (Å²) >= 11 is 5.75. The summed E-state index contributed by atoms with van der Waals surface area (Å²) in [6.07, 6.45) is 0.0447. The van der Waals surface area contributed by atoms with Gasteiger partial charge in [-0.15, -0.1) is 0 Å². The Bertz CT molecular complexity index is 752. The van der Waals surface area contributed by atoms with Gasteiger partial charge in [-0.1, -0.05) is 17.7 Å². The van der Waals surface area contributed by atoms with E-state index in [-0.39, 0.29) is 34.9 Å². The highest BCUT2D eigenvalue weighted by atomic mass is 35.5. The molecule has 0 aliphatic carbocycles. The number of halogens is 2. The number of nitrogens with two attached hydrogens (primary N) is 2. The fourth-order valence-electron chi connectivity index (χ4n) is 2.46. The Morgan fingerprint density at radius 2 is 2.10 bits per heavy atom. The van der Waals surface area contributed by atoms with Crippen molar-refractivity contribution in [2.75, 3.05) is 16.8 Å². The molecule has 2 heterocycles. The minimum absolute atomic E-state index is 0.0447. The number of nitrogens with one attached hydrogen (secondary N) is 1. The SMILES string of the molecule is Nc1nc(N)c2c(n1)NC(=O)C[C@@H]2c1ccc(Cl)cc1F. The normalized spacial score (nSPS) is 17.2. The molecule has 2 aromatic rings. The largest absolute Gasteiger partial charge is 0.383 e. The van der Waals surface area contributed by atoms with Gasteiger partial charge < -0.3 is 16.8 Å². The molecule has 1 aromatic carbocycles. The Labute approximate surface area is 124 Å². The second kappa shape index (κ2) is 4.85. The molecule has 1 aromatic heterocycles. The fourth-order valence-corrected chi connectivity index (χ4v) is 2.62. The summed E-state index contributed by atoms with van der Waals surface area (Å²) in [4.78, 5) is 19.6. The number of aromatic nitrogens is 2. The highest BCUT2D eigenvalue weighted by Gasteiger charge is 2.32. The van der Waals surface area contributed by atoms with E-state index in [1.165, 1.54) is 12.1 Å². The van der Waals surface area contributed by atoms with Gasteiger partial charge in [0.2, 0.25) is 11.9 Å². The molecule has 5 N–H and O–H groups in total. The third-order valence-corrected chi connectivity index (χ3v) is 3.56. The van der Waals surface area contributed by atoms with Gasteiger partial charge in [0.05, 0.1) is 0 Å². The first-order valence-electron chi connectivity index (χ1n) is 6.13. The summed E-state index contributed by atoms with van der Waals surface area (Å²) in [6, 6.07) is 4.28. The first-order chi connectivity index (χ1) is 9.95. The minimum Gasteiger partial charge on any atom is -0.383 e. The molecule has 6 nitrogen and oxygen atoms in total. The molecule has 8 heteroatoms. The van der Waals surface area contributed by atoms with Crippen LogP contribution in [0.1, 0.15) is 23.5 Å². The van der Waals surface area contributed by atoms with Gasteiger partial charge in [-0.05, 0) is 17.7 Å². The predicted octanol–water partition coefficient (Wildman–Crippen LogP) is 1.91. The van der Waals surface area contributed by atoms with Crippen molar-refractivity contribution in [1.29, 1.82) is 0 Å². The van der Waals surface area contributed by atoms with Crippen LogP contribution in [-0.2, 0) is 4.79 Å². The summed E-state index contributed by atoms with van der Waals surface area (Å²) in [6.45, 7) is 0. The number of benzene rings is 1. The molecule has 108 valence electrons. The van der Waals surface area contributed by atoms with E-state index in [1.54, 1.807) is 6.07 Å². The second-order valence-electron chi connectivity index (χ2n) is 4.70. The van der Waals surface area contributed by atoms with E-state index < -0.39 is 11.7 Å². The maximum Gasteiger partial charge on any atom is 0.226 e. The summed E-state index contributed by atoms with van der Waals surface area (Å²) < 4.78 is 14.1. The Morgan fingerprint density at radius 3 is 2.81 bits per heavy atom. The van der Waals surface area contributed by atoms with Crippen molar-refractivity contribution < 1.29 is 9.18 Å². The molecule has 0 bridgehead atoms. The molecule has 0 radical (unpaired) electrons. The topological polar surface area (TPSA) is 107 Å². The van der Waals surface area contributed by atoms with Crippen LogP contribution in [0.3, 0.4) is 0 Å². The number of fused-ring (bicyclic) bond motifs is 1. The van der Waals surface area contributed by atoms with E-state index in [2.05, 4.69) is 15.3 Å². The van der Waals surface area contributed by atoms with E-state index in [4.69, 9.17) is 23.1 Å². The molecule has 0 saturated heterocycles. The molecule has 1 aliphatic heterocycles. The smallest absolute Gasteiger partial charge is 0.226 e. The number of hydrogen-bond donors (Lipinski definition) is 3. The monoisotopic (exact) mass is 307 g/mol. The molecule has 1 aliphatic rings. The molecular weight excluding hydrogens is 297 g/mol. The molecule has 0 spiro atoms. The van der Waals surface area contributed by atoms with Crippen molar-refractivity contribution in [2.24, 2.45) is 0 Å². The van der Waals surface area contributed by atoms with Crippen LogP contribution in [0.4, 0.5) is 22.0 Å². The number of nitrogens with zero attached hydrogens (tertiary/aromatic N) is 2. The van der Waals surface area contributed by atoms with Gasteiger partial charge in [0.25, 0.3) is 0 Å². The number of nitrogen functional groups attached to an aromatic ring is 2. The number of hydrogen-bond acceptors (Lipinski definition) is 5. The quantitative estimate of drug-likeness (QED) is 0.746. The zero-order chi connectivity index (χ0) is 15.1. The maximum absolute atomic E-state index is 14.1. The first-order valence-corrected chi connectivity index (χ1v) is 6.51. The molecule has 21 heavy (non-hydrogen) atoms. The first kappa shape index (κ1) is 13.6. The molecule has 0 fully saturated rings. The molecule has 3 rings (SSSR count). The number of rotatable bonds is 1. The fraction of sp³-hybridized carbons (Fsp3) is 0.154. The van der Waals surface area contributed by atoms with Crippen molar-refractivity contribution >= 4 is 35.1 Å². The average Bonchev–Trinajstić information content (AvgIpc) is 2.36. The highest BCUT2D eigenvalue weighted by molar-refractivity contribution is 6.30. The third-order valence-electron chi connectivity index (χ3n) is 3.33. The van der Waals surface area contributed by atoms with Crippen LogP contribution in [0, 0.1) is 5.82 Å². The predicted molar refractivity (Wildman–Crippen MR) is 77.4 cm³/mol. The Balaban J connectivity index is 2.19. The molecule has 0 saturated carbocycles. The van der Waals surface area contributed by atoms with Gasteiger partial charge in [0, 0.05) is 22.9 Å². The van der Waals surface area contributed by atoms with Crippen molar-refractivity contribution in [3.8, 4) is 0 Å². The van der Waals surface area contributed by atoms with Crippen molar-refractivity contribution in [2.45, 2.75) is 12.3 Å². The lowest BCUT2D eigenvalue weighted by Crippen LogP contribution is -2.27. The highest BCUT2D eigenvalue weighted by Crippen LogP contribution is 2.40. The van der Waals surface area contributed by atoms with Gasteiger partial charge in [-0.2, -0.15) is 9.97 Å². The van der Waals surface area contributed by atoms with Crippen LogP contribution in [0.5, 0.6) is 0 Å². The Morgan fingerprint density at radius 1 is 1.33 bits per heavy atom. The van der Waals surface area contributed by atoms with Crippen molar-refractivity contribution in [1.82, 2.24) is 9.97 Å². The summed E-state index contributed by atoms with van der Waals surface area (Å²) in [5, 5.41) is 2.85. The minimum atomic E-state index is -0.577. The van der Waals surface area contributed by atoms with Crippen molar-refractivity contribution in [3.63, 3.8) is 0 Å². The number of carbonyl (C=O) groups is 1. The van der Waals surface area contributed by atoms with Crippen molar-refractivity contribution in [3.05, 3.63) is 40.2 Å². The maximum atomic E-state index is 14.1. The molecule has 0 unspecified atom stereocenters. The van der Waals surface area contributed by atoms with Crippen LogP contribution in [0.25, 0.3) is 0 Å². The molecule has 1 amide bonds. The van der Waals surface area contributed by atoms with Crippen LogP contribution < -0.4 is 16.8 Å². The second-order valence-corrected chi connectivity index (χ2v) is 5.14.